The van der Waals surface area contributed by atoms with Gasteiger partial charge in [-0.3, -0.25) is 4.79 Å². The monoisotopic (exact) mass is 442 g/mol. The molecule has 2 heterocycles. The summed E-state index contributed by atoms with van der Waals surface area (Å²) >= 11 is 0. The molecule has 1 aliphatic carbocycles. The Morgan fingerprint density at radius 3 is 2.36 bits per heavy atom. The summed E-state index contributed by atoms with van der Waals surface area (Å²) in [4.78, 5) is 13.4. The summed E-state index contributed by atoms with van der Waals surface area (Å²) in [7, 11) is 3.31. The van der Waals surface area contributed by atoms with E-state index in [4.69, 9.17) is 19.0 Å². The topological polar surface area (TPSA) is 64.3 Å². The maximum atomic E-state index is 13.4. The van der Waals surface area contributed by atoms with Gasteiger partial charge in [-0.1, -0.05) is 24.3 Å². The van der Waals surface area contributed by atoms with Crippen molar-refractivity contribution in [2.75, 3.05) is 14.2 Å². The average molecular weight is 443 g/mol. The van der Waals surface area contributed by atoms with Gasteiger partial charge in [-0.05, 0) is 78.4 Å². The zero-order valence-corrected chi connectivity index (χ0v) is 18.7. The molecule has 1 aromatic heterocycles. The Kier molecular flexibility index (Phi) is 5.73. The summed E-state index contributed by atoms with van der Waals surface area (Å²) in [6.45, 7) is 0. The van der Waals surface area contributed by atoms with Crippen LogP contribution in [0.25, 0.3) is 6.08 Å². The van der Waals surface area contributed by atoms with Crippen LogP contribution in [-0.2, 0) is 0 Å². The predicted octanol–water partition coefficient (Wildman–Crippen LogP) is 5.73. The molecule has 6 heteroatoms. The van der Waals surface area contributed by atoms with Crippen molar-refractivity contribution in [3.8, 4) is 11.5 Å². The van der Waals surface area contributed by atoms with Gasteiger partial charge in [0.15, 0.2) is 5.76 Å². The molecule has 0 unspecified atom stereocenters. The fraction of sp³-hybridized carbons (Fsp3) is 0.259. The van der Waals surface area contributed by atoms with Crippen LogP contribution in [0.5, 0.6) is 11.5 Å². The molecule has 1 aliphatic heterocycles. The van der Waals surface area contributed by atoms with Crippen molar-refractivity contribution >= 4 is 17.7 Å². The van der Waals surface area contributed by atoms with E-state index in [1.807, 2.05) is 48.5 Å². The minimum atomic E-state index is -0.230. The van der Waals surface area contributed by atoms with Crippen LogP contribution in [0, 0.1) is 5.92 Å². The number of furan rings is 1. The van der Waals surface area contributed by atoms with Gasteiger partial charge in [0.25, 0.3) is 0 Å². The number of hydrogen-bond donors (Lipinski definition) is 0. The van der Waals surface area contributed by atoms with E-state index in [1.54, 1.807) is 31.4 Å². The number of nitrogens with zero attached hydrogens (tertiary/aromatic N) is 2. The summed E-state index contributed by atoms with van der Waals surface area (Å²) in [5.41, 5.74) is 4.28. The molecular formula is C27H26N2O4. The van der Waals surface area contributed by atoms with E-state index in [9.17, 15) is 4.79 Å². The molecule has 2 atom stereocenters. The second-order valence-electron chi connectivity index (χ2n) is 8.27. The fourth-order valence-electron chi connectivity index (χ4n) is 4.72. The molecule has 1 amide bonds. The van der Waals surface area contributed by atoms with E-state index >= 15 is 0 Å². The van der Waals surface area contributed by atoms with Crippen molar-refractivity contribution in [1.29, 1.82) is 0 Å². The van der Waals surface area contributed by atoms with Crippen molar-refractivity contribution in [1.82, 2.24) is 5.01 Å². The van der Waals surface area contributed by atoms with Gasteiger partial charge in [0.05, 0.1) is 32.2 Å². The number of allylic oxidation sites excluding steroid dienone is 1. The Morgan fingerprint density at radius 1 is 1.03 bits per heavy atom. The number of hydrogen-bond acceptors (Lipinski definition) is 5. The molecule has 6 nitrogen and oxygen atoms in total. The molecule has 1 saturated carbocycles. The third kappa shape index (κ3) is 4.04. The average Bonchev–Trinajstić information content (AvgIpc) is 3.53. The first-order valence-corrected chi connectivity index (χ1v) is 11.1. The number of hydrazone groups is 1. The molecule has 3 aromatic rings. The molecule has 2 aliphatic rings. The lowest BCUT2D eigenvalue weighted by Crippen LogP contribution is -2.31. The number of ether oxygens (including phenoxy) is 2. The molecule has 1 fully saturated rings. The van der Waals surface area contributed by atoms with E-state index in [-0.39, 0.29) is 23.6 Å². The Morgan fingerprint density at radius 2 is 1.73 bits per heavy atom. The van der Waals surface area contributed by atoms with E-state index < -0.39 is 0 Å². The lowest BCUT2D eigenvalue weighted by molar-refractivity contribution is 0.0648. The Bertz CT molecular complexity index is 1180. The van der Waals surface area contributed by atoms with Gasteiger partial charge in [0.2, 0.25) is 0 Å². The zero-order chi connectivity index (χ0) is 22.8. The van der Waals surface area contributed by atoms with Crippen LogP contribution in [0.3, 0.4) is 0 Å². The third-order valence-corrected chi connectivity index (χ3v) is 6.36. The van der Waals surface area contributed by atoms with E-state index in [0.717, 1.165) is 47.6 Å². The first-order valence-electron chi connectivity index (χ1n) is 11.1. The van der Waals surface area contributed by atoms with Gasteiger partial charge in [0.1, 0.15) is 11.5 Å². The van der Waals surface area contributed by atoms with Crippen LogP contribution < -0.4 is 9.47 Å². The summed E-state index contributed by atoms with van der Waals surface area (Å²) < 4.78 is 16.0. The van der Waals surface area contributed by atoms with Gasteiger partial charge in [0, 0.05) is 5.92 Å². The predicted molar refractivity (Wildman–Crippen MR) is 126 cm³/mol. The number of fused-ring (bicyclic) bond motifs is 1. The molecule has 0 N–H and O–H groups in total. The van der Waals surface area contributed by atoms with Crippen LogP contribution in [0.1, 0.15) is 47.0 Å². The SMILES string of the molecule is COc1ccc(/C=C2\CCC[C@H]3C2=NN(C(=O)c2ccco2)[C@@H]3c2ccc(OC)cc2)cc1. The molecule has 0 spiro atoms. The summed E-state index contributed by atoms with van der Waals surface area (Å²) in [6.07, 6.45) is 6.63. The van der Waals surface area contributed by atoms with Gasteiger partial charge in [-0.25, -0.2) is 5.01 Å². The molecule has 5 rings (SSSR count). The molecule has 0 saturated heterocycles. The first-order chi connectivity index (χ1) is 16.2. The standard InChI is InChI=1S/C27H26N2O4/c1-31-21-12-8-18(9-13-21)17-20-5-3-6-23-25(20)28-29(27(30)24-7-4-16-33-24)26(23)19-10-14-22(32-2)15-11-19/h4,7-17,23,26H,3,5-6H2,1-2H3/b20-17+/t23-,26+/m0/s1. The highest BCUT2D eigenvalue weighted by Gasteiger charge is 2.44. The Labute approximate surface area is 193 Å². The summed E-state index contributed by atoms with van der Waals surface area (Å²) in [5.74, 6) is 1.79. The molecule has 33 heavy (non-hydrogen) atoms. The number of amides is 1. The number of carbonyl (C=O) groups is 1. The van der Waals surface area contributed by atoms with Crippen LogP contribution >= 0.6 is 0 Å². The highest BCUT2D eigenvalue weighted by molar-refractivity contribution is 6.09. The number of methoxy groups -OCH3 is 2. The van der Waals surface area contributed by atoms with E-state index in [2.05, 4.69) is 6.08 Å². The highest BCUT2D eigenvalue weighted by Crippen LogP contribution is 2.45. The number of carbonyl (C=O) groups excluding carboxylic acids is 1. The van der Waals surface area contributed by atoms with Crippen LogP contribution in [-0.4, -0.2) is 30.8 Å². The molecule has 168 valence electrons. The Balaban J connectivity index is 1.54. The molecular weight excluding hydrogens is 416 g/mol. The first kappa shape index (κ1) is 21.1. The van der Waals surface area contributed by atoms with Crippen LogP contribution in [0.15, 0.2) is 82.0 Å². The van der Waals surface area contributed by atoms with Crippen LogP contribution in [0.2, 0.25) is 0 Å². The number of benzene rings is 2. The van der Waals surface area contributed by atoms with Crippen molar-refractivity contribution in [2.24, 2.45) is 11.0 Å². The highest BCUT2D eigenvalue weighted by atomic mass is 16.5. The number of rotatable bonds is 5. The normalized spacial score (nSPS) is 21.0. The van der Waals surface area contributed by atoms with Gasteiger partial charge in [-0.15, -0.1) is 0 Å². The second-order valence-corrected chi connectivity index (χ2v) is 8.27. The minimum Gasteiger partial charge on any atom is -0.497 e. The quantitative estimate of drug-likeness (QED) is 0.506. The van der Waals surface area contributed by atoms with Crippen LogP contribution in [0.4, 0.5) is 0 Å². The lowest BCUT2D eigenvalue weighted by atomic mass is 9.77. The van der Waals surface area contributed by atoms with Gasteiger partial charge < -0.3 is 13.9 Å². The second kappa shape index (κ2) is 8.98. The minimum absolute atomic E-state index is 0.121. The molecule has 0 radical (unpaired) electrons. The summed E-state index contributed by atoms with van der Waals surface area (Å²) in [5, 5.41) is 6.50. The zero-order valence-electron chi connectivity index (χ0n) is 18.7. The van der Waals surface area contributed by atoms with Gasteiger partial charge >= 0.3 is 5.91 Å². The van der Waals surface area contributed by atoms with E-state index in [0.29, 0.717) is 0 Å². The largest absolute Gasteiger partial charge is 0.497 e. The maximum Gasteiger partial charge on any atom is 0.310 e. The Hall–Kier alpha value is -3.80. The van der Waals surface area contributed by atoms with Crippen molar-refractivity contribution in [3.63, 3.8) is 0 Å². The summed E-state index contributed by atoms with van der Waals surface area (Å²) in [6, 6.07) is 19.1. The van der Waals surface area contributed by atoms with Gasteiger partial charge in [-0.2, -0.15) is 5.10 Å². The lowest BCUT2D eigenvalue weighted by Gasteiger charge is -2.29. The van der Waals surface area contributed by atoms with Crippen molar-refractivity contribution in [2.45, 2.75) is 25.3 Å². The molecule has 0 bridgehead atoms. The van der Waals surface area contributed by atoms with Crippen molar-refractivity contribution < 1.29 is 18.7 Å². The van der Waals surface area contributed by atoms with E-state index in [1.165, 1.54) is 11.8 Å². The third-order valence-electron chi connectivity index (χ3n) is 6.36. The van der Waals surface area contributed by atoms with Crippen molar-refractivity contribution in [3.05, 3.63) is 89.4 Å². The molecule has 2 aromatic carbocycles. The fourth-order valence-corrected chi connectivity index (χ4v) is 4.72. The maximum absolute atomic E-state index is 13.4. The smallest absolute Gasteiger partial charge is 0.310 e.